The molecule has 5 heteroatoms. The standard InChI is InChI=1S/C22H26O3S2/c1-22(2,3)25-20(23)17-24-16-10-15-21(26-18-11-6-4-7-12-18)27-19-13-8-5-9-14-19/h4-9,11-15H,10,16-17H2,1-3H3. The minimum Gasteiger partial charge on any atom is -0.458 e. The van der Waals surface area contributed by atoms with Gasteiger partial charge in [-0.25, -0.2) is 4.79 Å². The van der Waals surface area contributed by atoms with Crippen LogP contribution < -0.4 is 0 Å². The van der Waals surface area contributed by atoms with Crippen molar-refractivity contribution in [1.29, 1.82) is 0 Å². The summed E-state index contributed by atoms with van der Waals surface area (Å²) in [7, 11) is 0. The summed E-state index contributed by atoms with van der Waals surface area (Å²) in [5.74, 6) is -0.330. The van der Waals surface area contributed by atoms with Crippen LogP contribution in [-0.2, 0) is 14.3 Å². The van der Waals surface area contributed by atoms with Crippen molar-refractivity contribution in [3.05, 3.63) is 71.0 Å². The maximum absolute atomic E-state index is 11.7. The minimum absolute atomic E-state index is 0.0158. The number of carbonyl (C=O) groups excluding carboxylic acids is 1. The zero-order chi connectivity index (χ0) is 19.5. The van der Waals surface area contributed by atoms with Crippen LogP contribution in [-0.4, -0.2) is 24.8 Å². The van der Waals surface area contributed by atoms with Crippen molar-refractivity contribution < 1.29 is 14.3 Å². The number of esters is 1. The van der Waals surface area contributed by atoms with Crippen LogP contribution in [0.3, 0.4) is 0 Å². The Hall–Kier alpha value is -1.69. The molecule has 3 nitrogen and oxygen atoms in total. The van der Waals surface area contributed by atoms with Crippen molar-refractivity contribution in [3.63, 3.8) is 0 Å². The molecule has 144 valence electrons. The van der Waals surface area contributed by atoms with Crippen LogP contribution in [0.4, 0.5) is 0 Å². The number of hydrogen-bond donors (Lipinski definition) is 0. The molecule has 0 amide bonds. The fourth-order valence-corrected chi connectivity index (χ4v) is 4.30. The fourth-order valence-electron chi connectivity index (χ4n) is 2.10. The van der Waals surface area contributed by atoms with Gasteiger partial charge in [0.15, 0.2) is 0 Å². The number of rotatable bonds is 9. The molecule has 0 saturated carbocycles. The molecule has 0 saturated heterocycles. The van der Waals surface area contributed by atoms with Crippen molar-refractivity contribution in [1.82, 2.24) is 0 Å². The molecule has 2 aromatic rings. The zero-order valence-corrected chi connectivity index (χ0v) is 17.6. The maximum atomic E-state index is 11.7. The van der Waals surface area contributed by atoms with Crippen LogP contribution in [0.2, 0.25) is 0 Å². The monoisotopic (exact) mass is 402 g/mol. The largest absolute Gasteiger partial charge is 0.458 e. The lowest BCUT2D eigenvalue weighted by atomic mass is 10.2. The lowest BCUT2D eigenvalue weighted by Gasteiger charge is -2.19. The third kappa shape index (κ3) is 9.70. The summed E-state index contributed by atoms with van der Waals surface area (Å²) >= 11 is 3.47. The van der Waals surface area contributed by atoms with Gasteiger partial charge in [0.1, 0.15) is 12.2 Å². The van der Waals surface area contributed by atoms with E-state index in [-0.39, 0.29) is 12.6 Å². The van der Waals surface area contributed by atoms with Crippen LogP contribution in [0.5, 0.6) is 0 Å². The SMILES string of the molecule is CC(C)(C)OC(=O)COCCC=C(Sc1ccccc1)Sc1ccccc1. The molecule has 0 heterocycles. The highest BCUT2D eigenvalue weighted by atomic mass is 32.2. The molecule has 0 aliphatic heterocycles. The van der Waals surface area contributed by atoms with E-state index in [9.17, 15) is 4.79 Å². The molecule has 0 aliphatic rings. The molecule has 0 atom stereocenters. The quantitative estimate of drug-likeness (QED) is 0.285. The summed E-state index contributed by atoms with van der Waals surface area (Å²) in [6.07, 6.45) is 2.89. The van der Waals surface area contributed by atoms with Crippen molar-refractivity contribution in [2.45, 2.75) is 42.6 Å². The predicted octanol–water partition coefficient (Wildman–Crippen LogP) is 6.16. The Bertz CT molecular complexity index is 679. The first-order valence-electron chi connectivity index (χ1n) is 8.88. The molecule has 27 heavy (non-hydrogen) atoms. The first-order valence-corrected chi connectivity index (χ1v) is 10.5. The van der Waals surface area contributed by atoms with E-state index in [2.05, 4.69) is 30.3 Å². The van der Waals surface area contributed by atoms with E-state index in [0.29, 0.717) is 6.61 Å². The van der Waals surface area contributed by atoms with Crippen molar-refractivity contribution in [2.75, 3.05) is 13.2 Å². The van der Waals surface area contributed by atoms with E-state index < -0.39 is 5.60 Å². The lowest BCUT2D eigenvalue weighted by molar-refractivity contribution is -0.160. The van der Waals surface area contributed by atoms with Gasteiger partial charge < -0.3 is 9.47 Å². The lowest BCUT2D eigenvalue weighted by Crippen LogP contribution is -2.26. The first-order chi connectivity index (χ1) is 12.9. The van der Waals surface area contributed by atoms with Gasteiger partial charge in [-0.1, -0.05) is 66.0 Å². The van der Waals surface area contributed by atoms with E-state index in [4.69, 9.17) is 9.47 Å². The number of thioether (sulfide) groups is 2. The predicted molar refractivity (Wildman–Crippen MR) is 114 cm³/mol. The normalized spacial score (nSPS) is 11.1. The molecule has 0 unspecified atom stereocenters. The second-order valence-corrected chi connectivity index (χ2v) is 9.27. The molecule has 0 spiro atoms. The van der Waals surface area contributed by atoms with Crippen LogP contribution in [0, 0.1) is 0 Å². The molecule has 0 aromatic heterocycles. The molecule has 0 fully saturated rings. The summed E-state index contributed by atoms with van der Waals surface area (Å²) in [5, 5.41) is 0. The van der Waals surface area contributed by atoms with Gasteiger partial charge in [0, 0.05) is 14.0 Å². The van der Waals surface area contributed by atoms with Crippen LogP contribution in [0.25, 0.3) is 0 Å². The second kappa shape index (κ2) is 11.2. The Labute approximate surface area is 170 Å². The summed E-state index contributed by atoms with van der Waals surface area (Å²) in [6.45, 7) is 6.01. The average molecular weight is 403 g/mol. The van der Waals surface area contributed by atoms with Crippen LogP contribution in [0.1, 0.15) is 27.2 Å². The highest BCUT2D eigenvalue weighted by Crippen LogP contribution is 2.39. The Morgan fingerprint density at radius 1 is 0.926 bits per heavy atom. The highest BCUT2D eigenvalue weighted by molar-refractivity contribution is 8.22. The molecule has 0 aliphatic carbocycles. The number of benzene rings is 2. The minimum atomic E-state index is -0.480. The van der Waals surface area contributed by atoms with Gasteiger partial charge in [-0.3, -0.25) is 0 Å². The number of carbonyl (C=O) groups is 1. The molecule has 0 N–H and O–H groups in total. The molecule has 2 rings (SSSR count). The van der Waals surface area contributed by atoms with Crippen molar-refractivity contribution >= 4 is 29.5 Å². The van der Waals surface area contributed by atoms with Gasteiger partial charge in [-0.2, -0.15) is 0 Å². The maximum Gasteiger partial charge on any atom is 0.332 e. The van der Waals surface area contributed by atoms with Gasteiger partial charge in [0.2, 0.25) is 0 Å². The third-order valence-electron chi connectivity index (χ3n) is 3.14. The molecule has 0 bridgehead atoms. The van der Waals surface area contributed by atoms with Gasteiger partial charge in [-0.15, -0.1) is 0 Å². The average Bonchev–Trinajstić information content (AvgIpc) is 2.61. The van der Waals surface area contributed by atoms with Crippen LogP contribution in [0.15, 0.2) is 80.8 Å². The summed E-state index contributed by atoms with van der Waals surface area (Å²) in [6, 6.07) is 20.6. The van der Waals surface area contributed by atoms with Crippen molar-refractivity contribution in [2.24, 2.45) is 0 Å². The van der Waals surface area contributed by atoms with Gasteiger partial charge in [0.05, 0.1) is 6.61 Å². The zero-order valence-electron chi connectivity index (χ0n) is 16.0. The summed E-state index contributed by atoms with van der Waals surface area (Å²) < 4.78 is 11.9. The molecular formula is C22H26O3S2. The number of ether oxygens (including phenoxy) is 2. The molecule has 0 radical (unpaired) electrons. The fraction of sp³-hybridized carbons (Fsp3) is 0.318. The smallest absolute Gasteiger partial charge is 0.332 e. The van der Waals surface area contributed by atoms with E-state index in [1.807, 2.05) is 57.2 Å². The summed E-state index contributed by atoms with van der Waals surface area (Å²) in [4.78, 5) is 14.1. The van der Waals surface area contributed by atoms with E-state index in [0.717, 1.165) is 6.42 Å². The third-order valence-corrected chi connectivity index (χ3v) is 5.39. The molecule has 2 aromatic carbocycles. The van der Waals surface area contributed by atoms with Crippen LogP contribution >= 0.6 is 23.5 Å². The van der Waals surface area contributed by atoms with Gasteiger partial charge in [-0.05, 0) is 51.5 Å². The van der Waals surface area contributed by atoms with E-state index in [1.54, 1.807) is 23.5 Å². The number of hydrogen-bond acceptors (Lipinski definition) is 5. The van der Waals surface area contributed by atoms with Gasteiger partial charge >= 0.3 is 5.97 Å². The van der Waals surface area contributed by atoms with E-state index >= 15 is 0 Å². The van der Waals surface area contributed by atoms with Crippen molar-refractivity contribution in [3.8, 4) is 0 Å². The van der Waals surface area contributed by atoms with Gasteiger partial charge in [0.25, 0.3) is 0 Å². The Kier molecular flexibility index (Phi) is 8.98. The topological polar surface area (TPSA) is 35.5 Å². The second-order valence-electron chi connectivity index (χ2n) is 6.78. The summed E-state index contributed by atoms with van der Waals surface area (Å²) in [5.41, 5.74) is -0.480. The first kappa shape index (κ1) is 21.6. The Morgan fingerprint density at radius 2 is 1.44 bits per heavy atom. The Morgan fingerprint density at radius 3 is 1.93 bits per heavy atom. The highest BCUT2D eigenvalue weighted by Gasteiger charge is 2.15. The van der Waals surface area contributed by atoms with E-state index in [1.165, 1.54) is 14.0 Å². The Balaban J connectivity index is 1.87. The molecular weight excluding hydrogens is 376 g/mol.